The fourth-order valence-electron chi connectivity index (χ4n) is 2.61. The molecule has 1 aromatic heterocycles. The summed E-state index contributed by atoms with van der Waals surface area (Å²) in [5, 5.41) is 0. The predicted octanol–water partition coefficient (Wildman–Crippen LogP) is 6.25. The van der Waals surface area contributed by atoms with Gasteiger partial charge >= 0.3 is 0 Å². The number of hydrogen-bond donors (Lipinski definition) is 0. The van der Waals surface area contributed by atoms with E-state index in [9.17, 15) is 9.18 Å². The molecule has 1 fully saturated rings. The molecular formula is C20H11BrFNO2S2. The number of halogens is 2. The molecule has 0 aliphatic carbocycles. The Balaban J connectivity index is 1.59. The summed E-state index contributed by atoms with van der Waals surface area (Å²) in [6.07, 6.45) is 1.67. The Labute approximate surface area is 173 Å². The third-order valence-electron chi connectivity index (χ3n) is 3.91. The summed E-state index contributed by atoms with van der Waals surface area (Å²) < 4.78 is 20.4. The maximum atomic E-state index is 13.1. The van der Waals surface area contributed by atoms with Crippen LogP contribution in [0.2, 0.25) is 0 Å². The van der Waals surface area contributed by atoms with Crippen LogP contribution in [0.25, 0.3) is 17.4 Å². The van der Waals surface area contributed by atoms with Crippen molar-refractivity contribution in [3.05, 3.63) is 81.6 Å². The first-order valence-electron chi connectivity index (χ1n) is 7.90. The Bertz CT molecular complexity index is 1060. The Kier molecular flexibility index (Phi) is 4.99. The van der Waals surface area contributed by atoms with E-state index in [0.717, 1.165) is 10.0 Å². The summed E-state index contributed by atoms with van der Waals surface area (Å²) in [6.45, 7) is 0. The van der Waals surface area contributed by atoms with Gasteiger partial charge in [-0.15, -0.1) is 0 Å². The molecule has 0 spiro atoms. The molecule has 134 valence electrons. The molecule has 4 rings (SSSR count). The molecule has 7 heteroatoms. The van der Waals surface area contributed by atoms with Gasteiger partial charge in [0.2, 0.25) is 0 Å². The molecule has 1 amide bonds. The van der Waals surface area contributed by atoms with Gasteiger partial charge in [0, 0.05) is 16.1 Å². The highest BCUT2D eigenvalue weighted by atomic mass is 79.9. The van der Waals surface area contributed by atoms with Crippen LogP contribution in [0.15, 0.2) is 74.5 Å². The minimum absolute atomic E-state index is 0.252. The van der Waals surface area contributed by atoms with Crippen LogP contribution in [0.3, 0.4) is 0 Å². The van der Waals surface area contributed by atoms with E-state index in [1.54, 1.807) is 6.08 Å². The number of rotatable bonds is 3. The average molecular weight is 460 g/mol. The number of hydrogen-bond acceptors (Lipinski definition) is 4. The van der Waals surface area contributed by atoms with E-state index in [1.807, 2.05) is 36.4 Å². The molecule has 0 bridgehead atoms. The number of carbonyl (C=O) groups is 1. The van der Waals surface area contributed by atoms with Gasteiger partial charge in [0.1, 0.15) is 17.3 Å². The van der Waals surface area contributed by atoms with Crippen molar-refractivity contribution >= 4 is 61.9 Å². The van der Waals surface area contributed by atoms with Crippen molar-refractivity contribution < 1.29 is 13.6 Å². The number of thiocarbonyl (C=S) groups is 1. The minimum Gasteiger partial charge on any atom is -0.457 e. The maximum absolute atomic E-state index is 13.1. The van der Waals surface area contributed by atoms with E-state index in [2.05, 4.69) is 15.9 Å². The first kappa shape index (κ1) is 18.2. The lowest BCUT2D eigenvalue weighted by Gasteiger charge is -2.14. The van der Waals surface area contributed by atoms with Gasteiger partial charge in [-0.2, -0.15) is 0 Å². The zero-order valence-electron chi connectivity index (χ0n) is 13.7. The molecule has 0 N–H and O–H groups in total. The summed E-state index contributed by atoms with van der Waals surface area (Å²) in [6, 6.07) is 17.1. The summed E-state index contributed by atoms with van der Waals surface area (Å²) in [4.78, 5) is 14.6. The van der Waals surface area contributed by atoms with Gasteiger partial charge in [-0.3, -0.25) is 9.69 Å². The van der Waals surface area contributed by atoms with Gasteiger partial charge in [0.05, 0.1) is 10.6 Å². The monoisotopic (exact) mass is 459 g/mol. The fourth-order valence-corrected chi connectivity index (χ4v) is 4.15. The predicted molar refractivity (Wildman–Crippen MR) is 114 cm³/mol. The molecule has 0 atom stereocenters. The van der Waals surface area contributed by atoms with Crippen LogP contribution in [-0.4, -0.2) is 10.2 Å². The Morgan fingerprint density at radius 3 is 2.44 bits per heavy atom. The van der Waals surface area contributed by atoms with Gasteiger partial charge in [-0.05, 0) is 48.5 Å². The first-order chi connectivity index (χ1) is 13.0. The van der Waals surface area contributed by atoms with E-state index in [-0.39, 0.29) is 11.7 Å². The second-order valence-electron chi connectivity index (χ2n) is 5.70. The van der Waals surface area contributed by atoms with Crippen LogP contribution >= 0.6 is 39.9 Å². The lowest BCUT2D eigenvalue weighted by molar-refractivity contribution is -0.113. The molecule has 3 nitrogen and oxygen atoms in total. The molecule has 3 aromatic rings. The highest BCUT2D eigenvalue weighted by Crippen LogP contribution is 2.36. The molecular weight excluding hydrogens is 449 g/mol. The molecule has 1 aliphatic rings. The second kappa shape index (κ2) is 7.42. The van der Waals surface area contributed by atoms with E-state index in [0.29, 0.717) is 26.4 Å². The molecule has 0 unspecified atom stereocenters. The minimum atomic E-state index is -0.365. The molecule has 2 heterocycles. The lowest BCUT2D eigenvalue weighted by Crippen LogP contribution is -2.27. The lowest BCUT2D eigenvalue weighted by atomic mass is 10.2. The maximum Gasteiger partial charge on any atom is 0.270 e. The molecule has 1 saturated heterocycles. The zero-order valence-corrected chi connectivity index (χ0v) is 16.9. The number of anilines is 1. The Morgan fingerprint density at radius 1 is 1.04 bits per heavy atom. The van der Waals surface area contributed by atoms with Crippen molar-refractivity contribution in [1.29, 1.82) is 0 Å². The van der Waals surface area contributed by atoms with Crippen molar-refractivity contribution in [2.45, 2.75) is 0 Å². The number of amides is 1. The van der Waals surface area contributed by atoms with Crippen molar-refractivity contribution in [3.63, 3.8) is 0 Å². The highest BCUT2D eigenvalue weighted by Gasteiger charge is 2.33. The van der Waals surface area contributed by atoms with Crippen LogP contribution in [0, 0.1) is 5.82 Å². The van der Waals surface area contributed by atoms with Crippen LogP contribution in [0.1, 0.15) is 5.76 Å². The number of benzene rings is 2. The van der Waals surface area contributed by atoms with Crippen LogP contribution in [-0.2, 0) is 4.79 Å². The van der Waals surface area contributed by atoms with Gasteiger partial charge in [-0.1, -0.05) is 52.0 Å². The SMILES string of the molecule is O=C1/C(=C/c2ccc(-c3ccc(Br)cc3)o2)SC(=S)N1c1ccc(F)cc1. The van der Waals surface area contributed by atoms with Gasteiger partial charge in [0.25, 0.3) is 5.91 Å². The molecule has 27 heavy (non-hydrogen) atoms. The van der Waals surface area contributed by atoms with Crippen molar-refractivity contribution in [1.82, 2.24) is 0 Å². The number of thioether (sulfide) groups is 1. The molecule has 1 aliphatic heterocycles. The second-order valence-corrected chi connectivity index (χ2v) is 8.29. The number of carbonyl (C=O) groups excluding carboxylic acids is 1. The van der Waals surface area contributed by atoms with Crippen LogP contribution in [0.4, 0.5) is 10.1 Å². The molecule has 2 aromatic carbocycles. The topological polar surface area (TPSA) is 33.5 Å². The first-order valence-corrected chi connectivity index (χ1v) is 9.92. The largest absolute Gasteiger partial charge is 0.457 e. The summed E-state index contributed by atoms with van der Waals surface area (Å²) in [7, 11) is 0. The fraction of sp³-hybridized carbons (Fsp3) is 0. The van der Waals surface area contributed by atoms with E-state index < -0.39 is 0 Å². The Morgan fingerprint density at radius 2 is 1.74 bits per heavy atom. The standard InChI is InChI=1S/C20H11BrFNO2S2/c21-13-3-1-12(2-4-13)17-10-9-16(25-17)11-18-19(24)23(20(26)27-18)15-7-5-14(22)6-8-15/h1-11H/b18-11-. The zero-order chi connectivity index (χ0) is 19.0. The molecule has 0 radical (unpaired) electrons. The molecule has 0 saturated carbocycles. The van der Waals surface area contributed by atoms with Crippen molar-refractivity contribution in [3.8, 4) is 11.3 Å². The van der Waals surface area contributed by atoms with Crippen molar-refractivity contribution in [2.75, 3.05) is 4.90 Å². The summed E-state index contributed by atoms with van der Waals surface area (Å²) >= 11 is 9.91. The van der Waals surface area contributed by atoms with Gasteiger partial charge in [0.15, 0.2) is 4.32 Å². The third-order valence-corrected chi connectivity index (χ3v) is 5.74. The van der Waals surface area contributed by atoms with Gasteiger partial charge < -0.3 is 4.42 Å². The summed E-state index contributed by atoms with van der Waals surface area (Å²) in [5.74, 6) is 0.657. The highest BCUT2D eigenvalue weighted by molar-refractivity contribution is 9.10. The van der Waals surface area contributed by atoms with Crippen LogP contribution < -0.4 is 4.90 Å². The third kappa shape index (κ3) is 3.76. The quantitative estimate of drug-likeness (QED) is 0.342. The van der Waals surface area contributed by atoms with E-state index in [1.165, 1.54) is 40.9 Å². The summed E-state index contributed by atoms with van der Waals surface area (Å²) in [5.41, 5.74) is 1.48. The van der Waals surface area contributed by atoms with E-state index in [4.69, 9.17) is 16.6 Å². The number of nitrogens with zero attached hydrogens (tertiary/aromatic N) is 1. The number of furan rings is 1. The van der Waals surface area contributed by atoms with Crippen LogP contribution in [0.5, 0.6) is 0 Å². The van der Waals surface area contributed by atoms with E-state index >= 15 is 0 Å². The Hall–Kier alpha value is -2.22. The average Bonchev–Trinajstić information content (AvgIpc) is 3.22. The normalized spacial score (nSPS) is 15.8. The van der Waals surface area contributed by atoms with Gasteiger partial charge in [-0.25, -0.2) is 4.39 Å². The van der Waals surface area contributed by atoms with Crippen molar-refractivity contribution in [2.24, 2.45) is 0 Å². The smallest absolute Gasteiger partial charge is 0.270 e.